The van der Waals surface area contributed by atoms with E-state index in [0.29, 0.717) is 17.8 Å². The topological polar surface area (TPSA) is 73.2 Å². The predicted octanol–water partition coefficient (Wildman–Crippen LogP) is 2.27. The van der Waals surface area contributed by atoms with Gasteiger partial charge in [-0.05, 0) is 26.0 Å². The van der Waals surface area contributed by atoms with Gasteiger partial charge in [0, 0.05) is 17.8 Å². The number of urea groups is 1. The third kappa shape index (κ3) is 3.59. The second-order valence-electron chi connectivity index (χ2n) is 3.74. The molecule has 0 aliphatic heterocycles. The number of ketones is 1. The molecule has 0 aromatic heterocycles. The molecule has 1 rings (SSSR count). The van der Waals surface area contributed by atoms with Gasteiger partial charge in [0.15, 0.2) is 5.78 Å². The second kappa shape index (κ2) is 6.40. The van der Waals surface area contributed by atoms with Crippen LogP contribution in [0.3, 0.4) is 0 Å². The lowest BCUT2D eigenvalue weighted by atomic mass is 10.1. The number of rotatable bonds is 4. The Morgan fingerprint density at radius 2 is 2.17 bits per heavy atom. The highest BCUT2D eigenvalue weighted by Crippen LogP contribution is 2.11. The van der Waals surface area contributed by atoms with Crippen molar-refractivity contribution in [2.75, 3.05) is 18.4 Å². The van der Waals surface area contributed by atoms with Crippen molar-refractivity contribution in [2.45, 2.75) is 13.8 Å². The highest BCUT2D eigenvalue weighted by molar-refractivity contribution is 5.96. The van der Waals surface area contributed by atoms with Gasteiger partial charge >= 0.3 is 6.03 Å². The smallest absolute Gasteiger partial charge is 0.311 e. The Bertz CT molecular complexity index is 491. The molecule has 0 radical (unpaired) electrons. The van der Waals surface area contributed by atoms with E-state index in [1.54, 1.807) is 31.2 Å². The first-order chi connectivity index (χ1) is 8.58. The van der Waals surface area contributed by atoms with Crippen LogP contribution in [-0.4, -0.2) is 29.8 Å². The van der Waals surface area contributed by atoms with E-state index in [1.165, 1.54) is 11.8 Å². The summed E-state index contributed by atoms with van der Waals surface area (Å²) in [7, 11) is 0. The molecular formula is C13H15N3O2. The summed E-state index contributed by atoms with van der Waals surface area (Å²) in [4.78, 5) is 24.4. The van der Waals surface area contributed by atoms with Crippen molar-refractivity contribution in [1.29, 1.82) is 5.26 Å². The summed E-state index contributed by atoms with van der Waals surface area (Å²) in [6.07, 6.45) is 0. The van der Waals surface area contributed by atoms with Crippen LogP contribution in [0.2, 0.25) is 0 Å². The molecule has 0 spiro atoms. The standard InChI is InChI=1S/C13H15N3O2/c1-3-16(8-7-14)13(18)15-12-6-4-5-11(9-12)10(2)17/h4-6,9H,3,8H2,1-2H3,(H,15,18). The highest BCUT2D eigenvalue weighted by atomic mass is 16.2. The molecule has 0 saturated carbocycles. The van der Waals surface area contributed by atoms with Gasteiger partial charge in [-0.25, -0.2) is 4.79 Å². The molecule has 1 aromatic rings. The molecule has 1 N–H and O–H groups in total. The van der Waals surface area contributed by atoms with Crippen LogP contribution < -0.4 is 5.32 Å². The number of nitrogens with zero attached hydrogens (tertiary/aromatic N) is 2. The van der Waals surface area contributed by atoms with E-state index in [9.17, 15) is 9.59 Å². The Hall–Kier alpha value is -2.35. The fraction of sp³-hybridized carbons (Fsp3) is 0.308. The van der Waals surface area contributed by atoms with Crippen molar-refractivity contribution >= 4 is 17.5 Å². The number of Topliss-reactive ketones (excluding diaryl/α,β-unsaturated/α-hetero) is 1. The Balaban J connectivity index is 2.78. The molecular weight excluding hydrogens is 230 g/mol. The van der Waals surface area contributed by atoms with Crippen LogP contribution in [0.25, 0.3) is 0 Å². The predicted molar refractivity (Wildman–Crippen MR) is 68.3 cm³/mol. The third-order valence-electron chi connectivity index (χ3n) is 2.45. The first-order valence-corrected chi connectivity index (χ1v) is 5.62. The lowest BCUT2D eigenvalue weighted by Crippen LogP contribution is -2.35. The summed E-state index contributed by atoms with van der Waals surface area (Å²) in [5.74, 6) is -0.0597. The zero-order valence-corrected chi connectivity index (χ0v) is 10.4. The quantitative estimate of drug-likeness (QED) is 0.653. The molecule has 18 heavy (non-hydrogen) atoms. The van der Waals surface area contributed by atoms with Crippen LogP contribution >= 0.6 is 0 Å². The van der Waals surface area contributed by atoms with Crippen molar-refractivity contribution in [3.63, 3.8) is 0 Å². The fourth-order valence-corrected chi connectivity index (χ4v) is 1.43. The normalized spacial score (nSPS) is 9.39. The summed E-state index contributed by atoms with van der Waals surface area (Å²) >= 11 is 0. The summed E-state index contributed by atoms with van der Waals surface area (Å²) in [6.45, 7) is 3.75. The van der Waals surface area contributed by atoms with Crippen molar-refractivity contribution in [1.82, 2.24) is 4.90 Å². The van der Waals surface area contributed by atoms with Gasteiger partial charge in [-0.15, -0.1) is 0 Å². The maximum atomic E-state index is 11.8. The number of hydrogen-bond donors (Lipinski definition) is 1. The van der Waals surface area contributed by atoms with Gasteiger partial charge in [-0.1, -0.05) is 12.1 Å². The molecule has 0 aliphatic rings. The van der Waals surface area contributed by atoms with E-state index in [2.05, 4.69) is 5.32 Å². The number of amides is 2. The molecule has 0 bridgehead atoms. The Labute approximate surface area is 106 Å². The van der Waals surface area contributed by atoms with E-state index in [0.717, 1.165) is 0 Å². The molecule has 0 unspecified atom stereocenters. The van der Waals surface area contributed by atoms with Gasteiger partial charge in [0.25, 0.3) is 0 Å². The van der Waals surface area contributed by atoms with Crippen LogP contribution in [0.4, 0.5) is 10.5 Å². The number of hydrogen-bond acceptors (Lipinski definition) is 3. The number of carbonyl (C=O) groups excluding carboxylic acids is 2. The molecule has 0 aliphatic carbocycles. The molecule has 5 heteroatoms. The maximum Gasteiger partial charge on any atom is 0.322 e. The van der Waals surface area contributed by atoms with E-state index in [4.69, 9.17) is 5.26 Å². The number of nitriles is 1. The van der Waals surface area contributed by atoms with Crippen LogP contribution in [0.1, 0.15) is 24.2 Å². The first kappa shape index (κ1) is 13.7. The van der Waals surface area contributed by atoms with E-state index < -0.39 is 0 Å². The largest absolute Gasteiger partial charge is 0.322 e. The molecule has 1 aromatic carbocycles. The van der Waals surface area contributed by atoms with Gasteiger partial charge in [0.2, 0.25) is 0 Å². The van der Waals surface area contributed by atoms with Gasteiger partial charge in [-0.3, -0.25) is 4.79 Å². The average Bonchev–Trinajstić information content (AvgIpc) is 2.36. The lowest BCUT2D eigenvalue weighted by Gasteiger charge is -2.18. The van der Waals surface area contributed by atoms with Gasteiger partial charge < -0.3 is 10.2 Å². The van der Waals surface area contributed by atoms with E-state index in [-0.39, 0.29) is 18.4 Å². The molecule has 5 nitrogen and oxygen atoms in total. The Kier molecular flexibility index (Phi) is 4.88. The van der Waals surface area contributed by atoms with Crippen molar-refractivity contribution in [3.8, 4) is 6.07 Å². The first-order valence-electron chi connectivity index (χ1n) is 5.62. The van der Waals surface area contributed by atoms with E-state index >= 15 is 0 Å². The monoisotopic (exact) mass is 245 g/mol. The van der Waals surface area contributed by atoms with Crippen molar-refractivity contribution in [3.05, 3.63) is 29.8 Å². The number of benzene rings is 1. The van der Waals surface area contributed by atoms with Crippen molar-refractivity contribution in [2.24, 2.45) is 0 Å². The summed E-state index contributed by atoms with van der Waals surface area (Å²) in [5, 5.41) is 11.2. The van der Waals surface area contributed by atoms with Crippen molar-refractivity contribution < 1.29 is 9.59 Å². The zero-order valence-electron chi connectivity index (χ0n) is 10.4. The number of carbonyl (C=O) groups is 2. The Morgan fingerprint density at radius 3 is 2.72 bits per heavy atom. The minimum absolute atomic E-state index is 0.0364. The molecule has 2 amide bonds. The average molecular weight is 245 g/mol. The van der Waals surface area contributed by atoms with Crippen LogP contribution in [0.5, 0.6) is 0 Å². The third-order valence-corrected chi connectivity index (χ3v) is 2.45. The fourth-order valence-electron chi connectivity index (χ4n) is 1.43. The van der Waals surface area contributed by atoms with Gasteiger partial charge in [-0.2, -0.15) is 5.26 Å². The molecule has 0 saturated heterocycles. The van der Waals surface area contributed by atoms with Gasteiger partial charge in [0.1, 0.15) is 6.54 Å². The van der Waals surface area contributed by atoms with Crippen LogP contribution in [0, 0.1) is 11.3 Å². The van der Waals surface area contributed by atoms with Crippen LogP contribution in [-0.2, 0) is 0 Å². The second-order valence-corrected chi connectivity index (χ2v) is 3.74. The van der Waals surface area contributed by atoms with Crippen LogP contribution in [0.15, 0.2) is 24.3 Å². The minimum Gasteiger partial charge on any atom is -0.311 e. The lowest BCUT2D eigenvalue weighted by molar-refractivity contribution is 0.101. The SMILES string of the molecule is CCN(CC#N)C(=O)Nc1cccc(C(C)=O)c1. The number of anilines is 1. The molecule has 0 heterocycles. The summed E-state index contributed by atoms with van der Waals surface area (Å²) < 4.78 is 0. The summed E-state index contributed by atoms with van der Waals surface area (Å²) in [6, 6.07) is 8.28. The van der Waals surface area contributed by atoms with E-state index in [1.807, 2.05) is 6.07 Å². The summed E-state index contributed by atoms with van der Waals surface area (Å²) in [5.41, 5.74) is 1.08. The molecule has 0 fully saturated rings. The zero-order chi connectivity index (χ0) is 13.5. The molecule has 0 atom stereocenters. The maximum absolute atomic E-state index is 11.8. The minimum atomic E-state index is -0.347. The Morgan fingerprint density at radius 1 is 1.44 bits per heavy atom. The highest BCUT2D eigenvalue weighted by Gasteiger charge is 2.11. The number of nitrogens with one attached hydrogen (secondary N) is 1. The van der Waals surface area contributed by atoms with Gasteiger partial charge in [0.05, 0.1) is 6.07 Å². The molecule has 94 valence electrons.